The number of aryl methyl sites for hydroxylation is 1. The molecule has 2 aromatic rings. The number of rotatable bonds is 7. The van der Waals surface area contributed by atoms with Gasteiger partial charge >= 0.3 is 0 Å². The van der Waals surface area contributed by atoms with Crippen LogP contribution in [0.2, 0.25) is 0 Å². The lowest BCUT2D eigenvalue weighted by Crippen LogP contribution is -2.48. The van der Waals surface area contributed by atoms with Gasteiger partial charge in [0.25, 0.3) is 11.5 Å². The first-order chi connectivity index (χ1) is 15.9. The lowest BCUT2D eigenvalue weighted by Gasteiger charge is -2.35. The summed E-state index contributed by atoms with van der Waals surface area (Å²) in [6.45, 7) is 6.26. The summed E-state index contributed by atoms with van der Waals surface area (Å²) in [4.78, 5) is 37.6. The molecular weight excluding hydrogens is 462 g/mol. The van der Waals surface area contributed by atoms with Gasteiger partial charge in [0, 0.05) is 46.0 Å². The monoisotopic (exact) mass is 489 g/mol. The van der Waals surface area contributed by atoms with Crippen molar-refractivity contribution in [3.8, 4) is 0 Å². The summed E-state index contributed by atoms with van der Waals surface area (Å²) in [7, 11) is 1.57. The van der Waals surface area contributed by atoms with Crippen LogP contribution in [0.15, 0.2) is 28.0 Å². The standard InChI is InChI=1S/C22H27N5O4S2/c1-15-4-3-5-26-18(15)23-19(25-8-6-24(7-9-25)10-12-28)16(20(26)29)14-17-21(30)27(11-13-31-2)22(32)33-17/h3-5,14,28H,6-13H2,1-2H3. The van der Waals surface area contributed by atoms with Crippen LogP contribution in [0.5, 0.6) is 0 Å². The summed E-state index contributed by atoms with van der Waals surface area (Å²) in [5, 5.41) is 9.24. The van der Waals surface area contributed by atoms with E-state index in [4.69, 9.17) is 21.9 Å². The Kier molecular flexibility index (Phi) is 7.45. The SMILES string of the molecule is COCCN1C(=O)C(=Cc2c(N3CCN(CCO)CC3)nc3c(C)cccn3c2=O)SC1=S. The molecule has 2 saturated heterocycles. The Hall–Kier alpha value is -2.31. The Morgan fingerprint density at radius 2 is 2.00 bits per heavy atom. The van der Waals surface area contributed by atoms with Crippen LogP contribution in [0.1, 0.15) is 11.1 Å². The van der Waals surface area contributed by atoms with Crippen LogP contribution in [-0.4, -0.2) is 94.1 Å². The van der Waals surface area contributed by atoms with E-state index >= 15 is 0 Å². The summed E-state index contributed by atoms with van der Waals surface area (Å²) < 4.78 is 7.06. The van der Waals surface area contributed by atoms with E-state index in [1.165, 1.54) is 21.1 Å². The molecule has 0 radical (unpaired) electrons. The van der Waals surface area contributed by atoms with Crippen LogP contribution in [0.3, 0.4) is 0 Å². The van der Waals surface area contributed by atoms with Crippen LogP contribution in [0.25, 0.3) is 11.7 Å². The quantitative estimate of drug-likeness (QED) is 0.451. The minimum atomic E-state index is -0.227. The molecule has 0 aliphatic carbocycles. The first-order valence-electron chi connectivity index (χ1n) is 10.8. The molecule has 0 spiro atoms. The molecule has 2 aliphatic heterocycles. The van der Waals surface area contributed by atoms with Crippen molar-refractivity contribution in [2.24, 2.45) is 0 Å². The van der Waals surface area contributed by atoms with E-state index in [1.54, 1.807) is 19.4 Å². The van der Waals surface area contributed by atoms with E-state index in [-0.39, 0.29) is 18.1 Å². The van der Waals surface area contributed by atoms with Gasteiger partial charge in [0.05, 0.1) is 30.2 Å². The molecule has 4 rings (SSSR count). The molecule has 0 saturated carbocycles. The average Bonchev–Trinajstić information content (AvgIpc) is 3.07. The van der Waals surface area contributed by atoms with Gasteiger partial charge in [0.2, 0.25) is 0 Å². The predicted molar refractivity (Wildman–Crippen MR) is 134 cm³/mol. The second-order valence-corrected chi connectivity index (χ2v) is 9.59. The fraction of sp³-hybridized carbons (Fsp3) is 0.455. The molecule has 11 heteroatoms. The van der Waals surface area contributed by atoms with Gasteiger partial charge in [-0.15, -0.1) is 0 Å². The van der Waals surface area contributed by atoms with Crippen molar-refractivity contribution in [1.82, 2.24) is 19.2 Å². The highest BCUT2D eigenvalue weighted by Gasteiger charge is 2.33. The van der Waals surface area contributed by atoms with Crippen molar-refractivity contribution in [3.05, 3.63) is 44.7 Å². The highest BCUT2D eigenvalue weighted by Crippen LogP contribution is 2.33. The van der Waals surface area contributed by atoms with Gasteiger partial charge in [0.1, 0.15) is 15.8 Å². The van der Waals surface area contributed by atoms with E-state index in [0.717, 1.165) is 18.7 Å². The second-order valence-electron chi connectivity index (χ2n) is 7.92. The average molecular weight is 490 g/mol. The largest absolute Gasteiger partial charge is 0.395 e. The van der Waals surface area contributed by atoms with Crippen LogP contribution in [0, 0.1) is 6.92 Å². The molecule has 0 unspecified atom stereocenters. The summed E-state index contributed by atoms with van der Waals surface area (Å²) in [6, 6.07) is 3.73. The van der Waals surface area contributed by atoms with Crippen LogP contribution >= 0.6 is 24.0 Å². The number of carbonyl (C=O) groups excluding carboxylic acids is 1. The number of pyridine rings is 1. The third-order valence-electron chi connectivity index (χ3n) is 5.82. The predicted octanol–water partition coefficient (Wildman–Crippen LogP) is 0.965. The number of aliphatic hydroxyl groups is 1. The number of anilines is 1. The molecule has 0 aromatic carbocycles. The van der Waals surface area contributed by atoms with E-state index in [0.29, 0.717) is 59.0 Å². The Balaban J connectivity index is 1.77. The van der Waals surface area contributed by atoms with Crippen molar-refractivity contribution in [3.63, 3.8) is 0 Å². The van der Waals surface area contributed by atoms with Crippen LogP contribution < -0.4 is 10.5 Å². The summed E-state index contributed by atoms with van der Waals surface area (Å²) in [6.07, 6.45) is 3.33. The number of aromatic nitrogens is 2. The first kappa shape index (κ1) is 23.8. The minimum absolute atomic E-state index is 0.116. The van der Waals surface area contributed by atoms with Gasteiger partial charge in [-0.2, -0.15) is 0 Å². The number of thiocarbonyl (C=S) groups is 1. The first-order valence-corrected chi connectivity index (χ1v) is 12.0. The molecule has 0 atom stereocenters. The minimum Gasteiger partial charge on any atom is -0.395 e. The molecule has 2 aliphatic rings. The topological polar surface area (TPSA) is 90.6 Å². The van der Waals surface area contributed by atoms with Crippen molar-refractivity contribution < 1.29 is 14.6 Å². The van der Waals surface area contributed by atoms with E-state index in [2.05, 4.69) is 9.80 Å². The number of amides is 1. The number of piperazine rings is 1. The maximum atomic E-state index is 13.6. The molecular formula is C22H27N5O4S2. The van der Waals surface area contributed by atoms with E-state index < -0.39 is 0 Å². The molecule has 2 aromatic heterocycles. The number of hydrogen-bond donors (Lipinski definition) is 1. The van der Waals surface area contributed by atoms with Crippen molar-refractivity contribution in [2.75, 3.05) is 64.5 Å². The molecule has 2 fully saturated rings. The second kappa shape index (κ2) is 10.3. The molecule has 0 bridgehead atoms. The number of hydrogen-bond acceptors (Lipinski definition) is 9. The normalized spacial score (nSPS) is 18.8. The number of nitrogens with zero attached hydrogens (tertiary/aromatic N) is 5. The summed E-state index contributed by atoms with van der Waals surface area (Å²) in [5.74, 6) is 0.342. The van der Waals surface area contributed by atoms with Crippen molar-refractivity contribution in [1.29, 1.82) is 0 Å². The van der Waals surface area contributed by atoms with Gasteiger partial charge in [-0.3, -0.25) is 23.8 Å². The number of ether oxygens (including phenoxy) is 1. The molecule has 33 heavy (non-hydrogen) atoms. The maximum absolute atomic E-state index is 13.6. The molecule has 1 N–H and O–H groups in total. The number of carbonyl (C=O) groups is 1. The number of thioether (sulfide) groups is 1. The molecule has 1 amide bonds. The Labute approximate surface area is 201 Å². The molecule has 9 nitrogen and oxygen atoms in total. The fourth-order valence-electron chi connectivity index (χ4n) is 4.00. The summed E-state index contributed by atoms with van der Waals surface area (Å²) >= 11 is 6.57. The van der Waals surface area contributed by atoms with Gasteiger partial charge in [-0.25, -0.2) is 4.98 Å². The number of methoxy groups -OCH3 is 1. The smallest absolute Gasteiger partial charge is 0.267 e. The Morgan fingerprint density at radius 3 is 2.70 bits per heavy atom. The maximum Gasteiger partial charge on any atom is 0.267 e. The Bertz CT molecular complexity index is 1160. The van der Waals surface area contributed by atoms with Gasteiger partial charge < -0.3 is 14.7 Å². The Morgan fingerprint density at radius 1 is 1.24 bits per heavy atom. The van der Waals surface area contributed by atoms with E-state index in [1.807, 2.05) is 19.1 Å². The third-order valence-corrected chi connectivity index (χ3v) is 7.20. The van der Waals surface area contributed by atoms with Crippen LogP contribution in [0.4, 0.5) is 5.82 Å². The van der Waals surface area contributed by atoms with Gasteiger partial charge in [0.15, 0.2) is 0 Å². The molecule has 176 valence electrons. The highest BCUT2D eigenvalue weighted by atomic mass is 32.2. The zero-order valence-corrected chi connectivity index (χ0v) is 20.3. The highest BCUT2D eigenvalue weighted by molar-refractivity contribution is 8.26. The number of β-amino-alcohol motifs (C(OH)–C–C–N with tert-alkyl or cyclic N) is 1. The lowest BCUT2D eigenvalue weighted by atomic mass is 10.2. The van der Waals surface area contributed by atoms with Crippen LogP contribution in [-0.2, 0) is 9.53 Å². The van der Waals surface area contributed by atoms with Crippen molar-refractivity contribution >= 4 is 51.7 Å². The molecule has 4 heterocycles. The van der Waals surface area contributed by atoms with E-state index in [9.17, 15) is 14.7 Å². The zero-order valence-electron chi connectivity index (χ0n) is 18.7. The number of aliphatic hydroxyl groups excluding tert-OH is 1. The van der Waals surface area contributed by atoms with Crippen molar-refractivity contribution in [2.45, 2.75) is 6.92 Å². The van der Waals surface area contributed by atoms with Gasteiger partial charge in [-0.1, -0.05) is 30.0 Å². The third kappa shape index (κ3) is 4.82. The van der Waals surface area contributed by atoms with Gasteiger partial charge in [-0.05, 0) is 24.6 Å². The zero-order chi connectivity index (χ0) is 23.5. The lowest BCUT2D eigenvalue weighted by molar-refractivity contribution is -0.122. The summed E-state index contributed by atoms with van der Waals surface area (Å²) in [5.41, 5.74) is 1.65. The fourth-order valence-corrected chi connectivity index (χ4v) is 5.29. The number of fused-ring (bicyclic) bond motifs is 1.